The van der Waals surface area contributed by atoms with Gasteiger partial charge in [0.05, 0.1) is 5.56 Å². The largest absolute Gasteiger partial charge is 0.478 e. The van der Waals surface area contributed by atoms with Crippen LogP contribution < -0.4 is 10.6 Å². The highest BCUT2D eigenvalue weighted by molar-refractivity contribution is 7.80. The van der Waals surface area contributed by atoms with Crippen LogP contribution in [0.3, 0.4) is 0 Å². The van der Waals surface area contributed by atoms with Crippen molar-refractivity contribution < 1.29 is 9.90 Å². The lowest BCUT2D eigenvalue weighted by molar-refractivity contribution is 0.0697. The van der Waals surface area contributed by atoms with E-state index in [0.29, 0.717) is 17.3 Å². The SMILES string of the molecule is O=C(O)c1cccc(NC(=S)NCCc2ccccc2)c1. The van der Waals surface area contributed by atoms with Crippen LogP contribution in [-0.2, 0) is 6.42 Å². The summed E-state index contributed by atoms with van der Waals surface area (Å²) in [5.74, 6) is -0.957. The zero-order valence-corrected chi connectivity index (χ0v) is 12.2. The molecular weight excluding hydrogens is 284 g/mol. The second-order valence-electron chi connectivity index (χ2n) is 4.50. The number of carboxylic acid groups (broad SMARTS) is 1. The van der Waals surface area contributed by atoms with E-state index in [9.17, 15) is 4.79 Å². The molecule has 0 fully saturated rings. The molecule has 0 unspecified atom stereocenters. The van der Waals surface area contributed by atoms with E-state index in [1.807, 2.05) is 18.2 Å². The van der Waals surface area contributed by atoms with Gasteiger partial charge in [-0.3, -0.25) is 0 Å². The van der Waals surface area contributed by atoms with Crippen LogP contribution in [0.1, 0.15) is 15.9 Å². The summed E-state index contributed by atoms with van der Waals surface area (Å²) in [5, 5.41) is 15.5. The number of anilines is 1. The predicted molar refractivity (Wildman–Crippen MR) is 87.8 cm³/mol. The van der Waals surface area contributed by atoms with Crippen LogP contribution in [0, 0.1) is 0 Å². The van der Waals surface area contributed by atoms with E-state index in [1.54, 1.807) is 24.3 Å². The van der Waals surface area contributed by atoms with Crippen molar-refractivity contribution in [1.82, 2.24) is 5.32 Å². The Morgan fingerprint density at radius 1 is 1.10 bits per heavy atom. The fourth-order valence-corrected chi connectivity index (χ4v) is 2.09. The summed E-state index contributed by atoms with van der Waals surface area (Å²) in [6, 6.07) is 16.7. The lowest BCUT2D eigenvalue weighted by Gasteiger charge is -2.11. The molecule has 0 aliphatic rings. The van der Waals surface area contributed by atoms with Gasteiger partial charge in [0, 0.05) is 12.2 Å². The number of carbonyl (C=O) groups is 1. The topological polar surface area (TPSA) is 61.4 Å². The molecule has 0 bridgehead atoms. The Bertz CT molecular complexity index is 629. The Balaban J connectivity index is 1.82. The maximum Gasteiger partial charge on any atom is 0.335 e. The molecule has 0 heterocycles. The molecule has 0 aliphatic carbocycles. The molecule has 2 rings (SSSR count). The maximum atomic E-state index is 10.9. The summed E-state index contributed by atoms with van der Waals surface area (Å²) in [4.78, 5) is 10.9. The first-order valence-corrected chi connectivity index (χ1v) is 6.98. The van der Waals surface area contributed by atoms with E-state index in [-0.39, 0.29) is 5.56 Å². The minimum absolute atomic E-state index is 0.229. The molecule has 0 saturated heterocycles. The third-order valence-electron chi connectivity index (χ3n) is 2.91. The monoisotopic (exact) mass is 300 g/mol. The van der Waals surface area contributed by atoms with Gasteiger partial charge in [-0.15, -0.1) is 0 Å². The number of thiocarbonyl (C=S) groups is 1. The molecule has 4 nitrogen and oxygen atoms in total. The van der Waals surface area contributed by atoms with Gasteiger partial charge in [0.2, 0.25) is 0 Å². The van der Waals surface area contributed by atoms with Crippen molar-refractivity contribution in [3.8, 4) is 0 Å². The summed E-state index contributed by atoms with van der Waals surface area (Å²) in [7, 11) is 0. The minimum atomic E-state index is -0.957. The molecule has 0 amide bonds. The lowest BCUT2D eigenvalue weighted by atomic mass is 10.1. The van der Waals surface area contributed by atoms with Crippen LogP contribution in [0.2, 0.25) is 0 Å². The molecular formula is C16H16N2O2S. The van der Waals surface area contributed by atoms with Crippen molar-refractivity contribution in [1.29, 1.82) is 0 Å². The molecule has 2 aromatic carbocycles. The number of nitrogens with one attached hydrogen (secondary N) is 2. The minimum Gasteiger partial charge on any atom is -0.478 e. The second-order valence-corrected chi connectivity index (χ2v) is 4.91. The Morgan fingerprint density at radius 3 is 2.57 bits per heavy atom. The van der Waals surface area contributed by atoms with Crippen molar-refractivity contribution in [2.45, 2.75) is 6.42 Å². The van der Waals surface area contributed by atoms with Crippen molar-refractivity contribution in [2.75, 3.05) is 11.9 Å². The van der Waals surface area contributed by atoms with E-state index in [4.69, 9.17) is 17.3 Å². The van der Waals surface area contributed by atoms with Crippen molar-refractivity contribution in [3.05, 3.63) is 65.7 Å². The van der Waals surface area contributed by atoms with Gasteiger partial charge < -0.3 is 15.7 Å². The molecule has 21 heavy (non-hydrogen) atoms. The summed E-state index contributed by atoms with van der Waals surface area (Å²) >= 11 is 5.19. The Morgan fingerprint density at radius 2 is 1.86 bits per heavy atom. The Labute approximate surface area is 128 Å². The van der Waals surface area contributed by atoms with Crippen LogP contribution in [-0.4, -0.2) is 22.7 Å². The van der Waals surface area contributed by atoms with Crippen LogP contribution in [0.15, 0.2) is 54.6 Å². The van der Waals surface area contributed by atoms with Gasteiger partial charge in [0.25, 0.3) is 0 Å². The number of hydrogen-bond donors (Lipinski definition) is 3. The van der Waals surface area contributed by atoms with Gasteiger partial charge >= 0.3 is 5.97 Å². The number of carboxylic acids is 1. The van der Waals surface area contributed by atoms with Crippen molar-refractivity contribution in [2.24, 2.45) is 0 Å². The van der Waals surface area contributed by atoms with Gasteiger partial charge in [-0.1, -0.05) is 36.4 Å². The van der Waals surface area contributed by atoms with Gasteiger partial charge in [0.1, 0.15) is 0 Å². The highest BCUT2D eigenvalue weighted by atomic mass is 32.1. The molecule has 0 aliphatic heterocycles. The smallest absolute Gasteiger partial charge is 0.335 e. The predicted octanol–water partition coefficient (Wildman–Crippen LogP) is 2.91. The normalized spacial score (nSPS) is 9.90. The summed E-state index contributed by atoms with van der Waals surface area (Å²) in [6.07, 6.45) is 0.873. The maximum absolute atomic E-state index is 10.9. The number of benzene rings is 2. The molecule has 5 heteroatoms. The van der Waals surface area contributed by atoms with Gasteiger partial charge in [-0.2, -0.15) is 0 Å². The third-order valence-corrected chi connectivity index (χ3v) is 3.16. The molecule has 0 saturated carbocycles. The van der Waals surface area contributed by atoms with Crippen LogP contribution in [0.5, 0.6) is 0 Å². The zero-order chi connectivity index (χ0) is 15.1. The number of hydrogen-bond acceptors (Lipinski definition) is 2. The van der Waals surface area contributed by atoms with Gasteiger partial charge in [-0.05, 0) is 42.4 Å². The first kappa shape index (κ1) is 15.0. The third kappa shape index (κ3) is 4.89. The van der Waals surface area contributed by atoms with E-state index in [0.717, 1.165) is 6.42 Å². The summed E-state index contributed by atoms with van der Waals surface area (Å²) < 4.78 is 0. The van der Waals surface area contributed by atoms with Crippen LogP contribution in [0.25, 0.3) is 0 Å². The second kappa shape index (κ2) is 7.40. The van der Waals surface area contributed by atoms with Crippen LogP contribution in [0.4, 0.5) is 5.69 Å². The van der Waals surface area contributed by atoms with Crippen molar-refractivity contribution in [3.63, 3.8) is 0 Å². The molecule has 0 atom stereocenters. The van der Waals surface area contributed by atoms with Crippen LogP contribution >= 0.6 is 12.2 Å². The first-order chi connectivity index (χ1) is 10.1. The van der Waals surface area contributed by atoms with E-state index >= 15 is 0 Å². The molecule has 2 aromatic rings. The Kier molecular flexibility index (Phi) is 5.29. The lowest BCUT2D eigenvalue weighted by Crippen LogP contribution is -2.30. The zero-order valence-electron chi connectivity index (χ0n) is 11.4. The highest BCUT2D eigenvalue weighted by Crippen LogP contribution is 2.10. The first-order valence-electron chi connectivity index (χ1n) is 6.57. The Hall–Kier alpha value is -2.40. The van der Waals surface area contributed by atoms with E-state index in [1.165, 1.54) is 5.56 Å². The molecule has 108 valence electrons. The fraction of sp³-hybridized carbons (Fsp3) is 0.125. The van der Waals surface area contributed by atoms with E-state index in [2.05, 4.69) is 22.8 Å². The standard InChI is InChI=1S/C16H16N2O2S/c19-15(20)13-7-4-8-14(11-13)18-16(21)17-10-9-12-5-2-1-3-6-12/h1-8,11H,9-10H2,(H,19,20)(H2,17,18,21). The average Bonchev–Trinajstić information content (AvgIpc) is 2.48. The van der Waals surface area contributed by atoms with Gasteiger partial charge in [0.15, 0.2) is 5.11 Å². The molecule has 0 radical (unpaired) electrons. The number of aromatic carboxylic acids is 1. The highest BCUT2D eigenvalue weighted by Gasteiger charge is 2.04. The average molecular weight is 300 g/mol. The quantitative estimate of drug-likeness (QED) is 0.741. The molecule has 0 aromatic heterocycles. The molecule has 0 spiro atoms. The van der Waals surface area contributed by atoms with Crippen molar-refractivity contribution >= 4 is 29.0 Å². The number of rotatable bonds is 5. The fourth-order valence-electron chi connectivity index (χ4n) is 1.87. The molecule has 3 N–H and O–H groups in total. The summed E-state index contributed by atoms with van der Waals surface area (Å²) in [6.45, 7) is 0.717. The van der Waals surface area contributed by atoms with E-state index < -0.39 is 5.97 Å². The van der Waals surface area contributed by atoms with Gasteiger partial charge in [-0.25, -0.2) is 4.79 Å². The summed E-state index contributed by atoms with van der Waals surface area (Å²) in [5.41, 5.74) is 2.12.